The lowest BCUT2D eigenvalue weighted by Crippen LogP contribution is -2.27. The van der Waals surface area contributed by atoms with Crippen molar-refractivity contribution >= 4 is 51.7 Å². The number of carbonyl (C=O) groups is 1. The highest BCUT2D eigenvalue weighted by Gasteiger charge is 2.33. The number of thiocarbonyl (C=S) groups is 1. The summed E-state index contributed by atoms with van der Waals surface area (Å²) in [5.41, 5.74) is 2.88. The predicted molar refractivity (Wildman–Crippen MR) is 106 cm³/mol. The summed E-state index contributed by atoms with van der Waals surface area (Å²) in [7, 11) is 0. The first-order valence-corrected chi connectivity index (χ1v) is 8.83. The SMILES string of the molecule is Cc1ccc(N2C(=O)C(=Cc3ccc(O)c([N+](=O)[O-])c3)SC2=S)cc1C. The summed E-state index contributed by atoms with van der Waals surface area (Å²) in [4.78, 5) is 24.9. The van der Waals surface area contributed by atoms with Gasteiger partial charge in [-0.3, -0.25) is 19.8 Å². The number of rotatable bonds is 3. The topological polar surface area (TPSA) is 83.7 Å². The highest BCUT2D eigenvalue weighted by atomic mass is 32.2. The van der Waals surface area contributed by atoms with Crippen molar-refractivity contribution < 1.29 is 14.8 Å². The smallest absolute Gasteiger partial charge is 0.311 e. The maximum Gasteiger partial charge on any atom is 0.311 e. The van der Waals surface area contributed by atoms with Gasteiger partial charge in [0.25, 0.3) is 5.91 Å². The normalized spacial score (nSPS) is 15.8. The standard InChI is InChI=1S/C18H14N2O4S2/c1-10-3-5-13(7-11(10)2)19-17(22)16(26-18(19)25)9-12-4-6-15(21)14(8-12)20(23)24/h3-9,21H,1-2H3. The third-order valence-corrected chi connectivity index (χ3v) is 5.34. The zero-order valence-electron chi connectivity index (χ0n) is 13.9. The van der Waals surface area contributed by atoms with Crippen LogP contribution in [-0.4, -0.2) is 20.3 Å². The Morgan fingerprint density at radius 1 is 1.19 bits per heavy atom. The second-order valence-electron chi connectivity index (χ2n) is 5.79. The molecule has 1 aliphatic heterocycles. The van der Waals surface area contributed by atoms with Crippen molar-refractivity contribution in [3.8, 4) is 5.75 Å². The van der Waals surface area contributed by atoms with E-state index in [1.807, 2.05) is 32.0 Å². The van der Waals surface area contributed by atoms with E-state index in [1.54, 1.807) is 0 Å². The van der Waals surface area contributed by atoms with Gasteiger partial charge in [-0.15, -0.1) is 0 Å². The minimum atomic E-state index is -0.674. The Hall–Kier alpha value is -2.71. The Balaban J connectivity index is 1.96. The van der Waals surface area contributed by atoms with Crippen molar-refractivity contribution in [1.82, 2.24) is 0 Å². The molecule has 0 saturated carbocycles. The maximum atomic E-state index is 12.8. The third-order valence-electron chi connectivity index (χ3n) is 4.04. The molecule has 2 aromatic rings. The number of aryl methyl sites for hydroxylation is 2. The molecule has 1 fully saturated rings. The van der Waals surface area contributed by atoms with E-state index in [4.69, 9.17) is 12.2 Å². The van der Waals surface area contributed by atoms with Crippen LogP contribution < -0.4 is 4.90 Å². The third kappa shape index (κ3) is 3.33. The maximum absolute atomic E-state index is 12.8. The van der Waals surface area contributed by atoms with Crippen LogP contribution in [0.4, 0.5) is 11.4 Å². The minimum Gasteiger partial charge on any atom is -0.502 e. The number of carbonyl (C=O) groups excluding carboxylic acids is 1. The molecule has 0 atom stereocenters. The zero-order chi connectivity index (χ0) is 19.0. The number of anilines is 1. The van der Waals surface area contributed by atoms with Crippen molar-refractivity contribution in [1.29, 1.82) is 0 Å². The molecule has 0 bridgehead atoms. The van der Waals surface area contributed by atoms with Gasteiger partial charge in [0.15, 0.2) is 10.1 Å². The largest absolute Gasteiger partial charge is 0.502 e. The van der Waals surface area contributed by atoms with Crippen LogP contribution in [0.1, 0.15) is 16.7 Å². The van der Waals surface area contributed by atoms with Crippen molar-refractivity contribution in [2.24, 2.45) is 0 Å². The number of phenols is 1. The highest BCUT2D eigenvalue weighted by molar-refractivity contribution is 8.27. The molecule has 132 valence electrons. The van der Waals surface area contributed by atoms with Crippen LogP contribution in [0, 0.1) is 24.0 Å². The number of nitrogens with zero attached hydrogens (tertiary/aromatic N) is 2. The summed E-state index contributed by atoms with van der Waals surface area (Å²) < 4.78 is 0.401. The number of benzene rings is 2. The molecule has 1 saturated heterocycles. The summed E-state index contributed by atoms with van der Waals surface area (Å²) in [6, 6.07) is 9.61. The average molecular weight is 386 g/mol. The number of hydrogen-bond acceptors (Lipinski definition) is 6. The highest BCUT2D eigenvalue weighted by Crippen LogP contribution is 2.37. The molecule has 3 rings (SSSR count). The Kier molecular flexibility index (Phi) is 4.80. The van der Waals surface area contributed by atoms with Gasteiger partial charge in [0.05, 0.1) is 15.5 Å². The second-order valence-corrected chi connectivity index (χ2v) is 7.47. The quantitative estimate of drug-likeness (QED) is 0.366. The van der Waals surface area contributed by atoms with E-state index in [0.717, 1.165) is 22.9 Å². The number of nitro groups is 1. The van der Waals surface area contributed by atoms with Crippen molar-refractivity contribution in [2.75, 3.05) is 4.90 Å². The van der Waals surface area contributed by atoms with Crippen LogP contribution >= 0.6 is 24.0 Å². The van der Waals surface area contributed by atoms with Crippen LogP contribution in [0.2, 0.25) is 0 Å². The Labute approximate surface area is 159 Å². The molecule has 6 nitrogen and oxygen atoms in total. The number of amides is 1. The molecule has 1 N–H and O–H groups in total. The van der Waals surface area contributed by atoms with E-state index in [0.29, 0.717) is 20.5 Å². The summed E-state index contributed by atoms with van der Waals surface area (Å²) in [5, 5.41) is 20.5. The van der Waals surface area contributed by atoms with Crippen LogP contribution in [0.3, 0.4) is 0 Å². The van der Waals surface area contributed by atoms with Gasteiger partial charge in [-0.1, -0.05) is 36.1 Å². The summed E-state index contributed by atoms with van der Waals surface area (Å²) in [6.45, 7) is 3.95. The van der Waals surface area contributed by atoms with Crippen LogP contribution in [-0.2, 0) is 4.79 Å². The summed E-state index contributed by atoms with van der Waals surface area (Å²) in [5.74, 6) is -0.700. The molecule has 2 aromatic carbocycles. The van der Waals surface area contributed by atoms with Crippen LogP contribution in [0.25, 0.3) is 6.08 Å². The number of hydrogen-bond donors (Lipinski definition) is 1. The minimum absolute atomic E-state index is 0.279. The van der Waals surface area contributed by atoms with Gasteiger partial charge in [0, 0.05) is 6.07 Å². The molecule has 0 radical (unpaired) electrons. The van der Waals surface area contributed by atoms with Gasteiger partial charge >= 0.3 is 5.69 Å². The number of thioether (sulfide) groups is 1. The summed E-state index contributed by atoms with van der Waals surface area (Å²) >= 11 is 6.47. The number of aromatic hydroxyl groups is 1. The van der Waals surface area contributed by atoms with Gasteiger partial charge in [0.2, 0.25) is 0 Å². The fraction of sp³-hybridized carbons (Fsp3) is 0.111. The monoisotopic (exact) mass is 386 g/mol. The first-order valence-electron chi connectivity index (χ1n) is 7.60. The fourth-order valence-corrected chi connectivity index (χ4v) is 3.78. The number of nitro benzene ring substituents is 1. The van der Waals surface area contributed by atoms with Gasteiger partial charge in [-0.2, -0.15) is 0 Å². The lowest BCUT2D eigenvalue weighted by Gasteiger charge is -2.15. The van der Waals surface area contributed by atoms with E-state index in [1.165, 1.54) is 29.2 Å². The molecule has 0 unspecified atom stereocenters. The first-order chi connectivity index (χ1) is 12.3. The Morgan fingerprint density at radius 2 is 1.92 bits per heavy atom. The second kappa shape index (κ2) is 6.89. The molecule has 0 spiro atoms. The molecule has 1 heterocycles. The van der Waals surface area contributed by atoms with Crippen molar-refractivity contribution in [3.63, 3.8) is 0 Å². The van der Waals surface area contributed by atoms with Gasteiger partial charge in [0.1, 0.15) is 0 Å². The lowest BCUT2D eigenvalue weighted by atomic mass is 10.1. The molecule has 1 aliphatic rings. The van der Waals surface area contributed by atoms with Gasteiger partial charge in [-0.25, -0.2) is 0 Å². The lowest BCUT2D eigenvalue weighted by molar-refractivity contribution is -0.385. The van der Waals surface area contributed by atoms with E-state index >= 15 is 0 Å². The van der Waals surface area contributed by atoms with Crippen molar-refractivity contribution in [2.45, 2.75) is 13.8 Å². The molecular weight excluding hydrogens is 372 g/mol. The fourth-order valence-electron chi connectivity index (χ4n) is 2.48. The van der Waals surface area contributed by atoms with E-state index in [2.05, 4.69) is 0 Å². The van der Waals surface area contributed by atoms with Crippen molar-refractivity contribution in [3.05, 3.63) is 68.1 Å². The zero-order valence-corrected chi connectivity index (χ0v) is 15.6. The summed E-state index contributed by atoms with van der Waals surface area (Å²) in [6.07, 6.45) is 1.53. The molecule has 0 aromatic heterocycles. The Morgan fingerprint density at radius 3 is 2.58 bits per heavy atom. The Bertz CT molecular complexity index is 985. The van der Waals surface area contributed by atoms with Gasteiger partial charge < -0.3 is 5.11 Å². The first kappa shape index (κ1) is 18.1. The van der Waals surface area contributed by atoms with E-state index in [9.17, 15) is 20.0 Å². The van der Waals surface area contributed by atoms with Crippen LogP contribution in [0.15, 0.2) is 41.3 Å². The van der Waals surface area contributed by atoms with E-state index in [-0.39, 0.29) is 5.91 Å². The average Bonchev–Trinajstić information content (AvgIpc) is 2.85. The van der Waals surface area contributed by atoms with Crippen LogP contribution in [0.5, 0.6) is 5.75 Å². The molecule has 8 heteroatoms. The molecule has 26 heavy (non-hydrogen) atoms. The molecular formula is C18H14N2O4S2. The van der Waals surface area contributed by atoms with E-state index < -0.39 is 16.4 Å². The molecule has 1 amide bonds. The predicted octanol–water partition coefficient (Wildman–Crippen LogP) is 4.32. The number of phenolic OH excluding ortho intramolecular Hbond substituents is 1. The molecule has 0 aliphatic carbocycles. The van der Waals surface area contributed by atoms with Gasteiger partial charge in [-0.05, 0) is 54.8 Å².